The summed E-state index contributed by atoms with van der Waals surface area (Å²) in [5.41, 5.74) is -0.829. The van der Waals surface area contributed by atoms with Gasteiger partial charge >= 0.3 is 0 Å². The third kappa shape index (κ3) is 3.39. The Morgan fingerprint density at radius 1 is 1.50 bits per heavy atom. The van der Waals surface area contributed by atoms with Gasteiger partial charge in [-0.2, -0.15) is 17.4 Å². The maximum atomic E-state index is 11.6. The largest absolute Gasteiger partial charge is 0.387 e. The van der Waals surface area contributed by atoms with Crippen LogP contribution in [0.25, 0.3) is 0 Å². The van der Waals surface area contributed by atoms with E-state index in [0.717, 1.165) is 6.42 Å². The molecule has 0 atom stereocenters. The fourth-order valence-electron chi connectivity index (χ4n) is 1.77. The van der Waals surface area contributed by atoms with E-state index in [-0.39, 0.29) is 19.6 Å². The van der Waals surface area contributed by atoms with E-state index in [2.05, 4.69) is 4.72 Å². The number of rotatable bonds is 7. The second-order valence-corrected chi connectivity index (χ2v) is 5.89. The highest BCUT2D eigenvalue weighted by Gasteiger charge is 2.45. The van der Waals surface area contributed by atoms with Crippen molar-refractivity contribution in [3.63, 3.8) is 0 Å². The van der Waals surface area contributed by atoms with E-state index >= 15 is 0 Å². The lowest BCUT2D eigenvalue weighted by Gasteiger charge is -2.45. The van der Waals surface area contributed by atoms with Crippen molar-refractivity contribution < 1.29 is 18.3 Å². The Morgan fingerprint density at radius 3 is 2.62 bits per heavy atom. The van der Waals surface area contributed by atoms with Gasteiger partial charge in [0.15, 0.2) is 0 Å². The Balaban J connectivity index is 2.37. The van der Waals surface area contributed by atoms with Crippen LogP contribution in [-0.2, 0) is 14.9 Å². The van der Waals surface area contributed by atoms with Crippen molar-refractivity contribution in [2.45, 2.75) is 25.4 Å². The van der Waals surface area contributed by atoms with E-state index in [1.807, 2.05) is 6.92 Å². The lowest BCUT2D eigenvalue weighted by molar-refractivity contribution is -0.0658. The van der Waals surface area contributed by atoms with Gasteiger partial charge in [-0.3, -0.25) is 0 Å². The fraction of sp³-hybridized carbons (Fsp3) is 1.00. The van der Waals surface area contributed by atoms with E-state index in [1.54, 1.807) is 0 Å². The number of nitrogens with zero attached hydrogens (tertiary/aromatic N) is 1. The molecule has 0 aromatic carbocycles. The minimum absolute atomic E-state index is 0.184. The Hall–Kier alpha value is -0.210. The maximum Gasteiger partial charge on any atom is 0.279 e. The summed E-state index contributed by atoms with van der Waals surface area (Å²) in [5.74, 6) is 0. The van der Waals surface area contributed by atoms with Crippen molar-refractivity contribution in [1.82, 2.24) is 9.03 Å². The van der Waals surface area contributed by atoms with Crippen molar-refractivity contribution in [2.24, 2.45) is 0 Å². The molecule has 0 radical (unpaired) electrons. The van der Waals surface area contributed by atoms with Crippen molar-refractivity contribution in [1.29, 1.82) is 0 Å². The van der Waals surface area contributed by atoms with Crippen LogP contribution in [0.2, 0.25) is 0 Å². The van der Waals surface area contributed by atoms with Crippen LogP contribution < -0.4 is 4.72 Å². The average Bonchev–Trinajstić information content (AvgIpc) is 2.14. The summed E-state index contributed by atoms with van der Waals surface area (Å²) in [7, 11) is -1.93. The molecule has 1 aliphatic heterocycles. The molecule has 2 N–H and O–H groups in total. The van der Waals surface area contributed by atoms with Gasteiger partial charge in [0.2, 0.25) is 0 Å². The number of hydrogen-bond donors (Lipinski definition) is 2. The van der Waals surface area contributed by atoms with E-state index in [1.165, 1.54) is 11.4 Å². The first kappa shape index (κ1) is 13.9. The first-order valence-electron chi connectivity index (χ1n) is 5.39. The molecular weight excluding hydrogens is 232 g/mol. The molecular formula is C9H20N2O4S. The number of β-amino-alcohol motifs (C(OH)–C–C–N with tert-alkyl or cyclic N) is 1. The fourth-order valence-corrected chi connectivity index (χ4v) is 3.11. The second kappa shape index (κ2) is 5.42. The smallest absolute Gasteiger partial charge is 0.279 e. The molecule has 0 bridgehead atoms. The summed E-state index contributed by atoms with van der Waals surface area (Å²) in [5, 5.41) is 9.86. The van der Waals surface area contributed by atoms with Gasteiger partial charge < -0.3 is 9.84 Å². The van der Waals surface area contributed by atoms with Crippen LogP contribution in [0, 0.1) is 0 Å². The summed E-state index contributed by atoms with van der Waals surface area (Å²) in [6, 6.07) is 0. The molecule has 0 aliphatic carbocycles. The predicted molar refractivity (Wildman–Crippen MR) is 60.2 cm³/mol. The summed E-state index contributed by atoms with van der Waals surface area (Å²) in [4.78, 5) is 0. The first-order chi connectivity index (χ1) is 7.43. The number of hydrogen-bond acceptors (Lipinski definition) is 4. The quantitative estimate of drug-likeness (QED) is 0.588. The van der Waals surface area contributed by atoms with Crippen LogP contribution in [-0.4, -0.2) is 56.8 Å². The van der Waals surface area contributed by atoms with Crippen molar-refractivity contribution in [3.05, 3.63) is 0 Å². The van der Waals surface area contributed by atoms with Crippen molar-refractivity contribution >= 4 is 10.2 Å². The van der Waals surface area contributed by atoms with Crippen molar-refractivity contribution in [3.8, 4) is 0 Å². The zero-order valence-corrected chi connectivity index (χ0v) is 10.6. The molecule has 6 nitrogen and oxygen atoms in total. The minimum Gasteiger partial charge on any atom is -0.387 e. The van der Waals surface area contributed by atoms with Crippen molar-refractivity contribution in [2.75, 3.05) is 33.4 Å². The van der Waals surface area contributed by atoms with Crippen LogP contribution in [0.15, 0.2) is 0 Å². The SMILES string of the molecule is CCCC1(O)CN(S(=O)(=O)NCCOC)C1. The Labute approximate surface area is 96.8 Å². The Morgan fingerprint density at radius 2 is 2.12 bits per heavy atom. The molecule has 0 aromatic heterocycles. The van der Waals surface area contributed by atoms with Crippen LogP contribution in [0.3, 0.4) is 0 Å². The van der Waals surface area contributed by atoms with Gasteiger partial charge in [-0.1, -0.05) is 13.3 Å². The highest BCUT2D eigenvalue weighted by atomic mass is 32.2. The van der Waals surface area contributed by atoms with Crippen LogP contribution in [0.1, 0.15) is 19.8 Å². The third-order valence-corrected chi connectivity index (χ3v) is 4.09. The molecule has 0 aromatic rings. The van der Waals surface area contributed by atoms with Gasteiger partial charge in [0.25, 0.3) is 10.2 Å². The highest BCUT2D eigenvalue weighted by molar-refractivity contribution is 7.87. The molecule has 0 saturated carbocycles. The average molecular weight is 252 g/mol. The molecule has 7 heteroatoms. The van der Waals surface area contributed by atoms with Gasteiger partial charge in [0, 0.05) is 26.7 Å². The monoisotopic (exact) mass is 252 g/mol. The second-order valence-electron chi connectivity index (χ2n) is 4.13. The summed E-state index contributed by atoms with van der Waals surface area (Å²) >= 11 is 0. The van der Waals surface area contributed by atoms with Crippen LogP contribution in [0.4, 0.5) is 0 Å². The number of ether oxygens (including phenoxy) is 1. The van der Waals surface area contributed by atoms with Gasteiger partial charge in [0.1, 0.15) is 0 Å². The molecule has 96 valence electrons. The number of methoxy groups -OCH3 is 1. The number of nitrogens with one attached hydrogen (secondary N) is 1. The van der Waals surface area contributed by atoms with Gasteiger partial charge in [-0.05, 0) is 6.42 Å². The summed E-state index contributed by atoms with van der Waals surface area (Å²) < 4.78 is 31.7. The lowest BCUT2D eigenvalue weighted by Crippen LogP contribution is -2.65. The summed E-state index contributed by atoms with van der Waals surface area (Å²) in [6.07, 6.45) is 1.48. The summed E-state index contributed by atoms with van der Waals surface area (Å²) in [6.45, 7) is 2.92. The highest BCUT2D eigenvalue weighted by Crippen LogP contribution is 2.27. The molecule has 0 amide bonds. The molecule has 1 aliphatic rings. The van der Waals surface area contributed by atoms with Gasteiger partial charge in [0.05, 0.1) is 12.2 Å². The van der Waals surface area contributed by atoms with Crippen LogP contribution in [0.5, 0.6) is 0 Å². The molecule has 1 saturated heterocycles. The minimum atomic E-state index is -3.44. The molecule has 1 fully saturated rings. The van der Waals surface area contributed by atoms with E-state index < -0.39 is 15.8 Å². The zero-order valence-electron chi connectivity index (χ0n) is 9.77. The standard InChI is InChI=1S/C9H20N2O4S/c1-3-4-9(12)7-11(8-9)16(13,14)10-5-6-15-2/h10,12H,3-8H2,1-2H3. The topological polar surface area (TPSA) is 78.9 Å². The van der Waals surface area contributed by atoms with Gasteiger partial charge in [-0.15, -0.1) is 0 Å². The van der Waals surface area contributed by atoms with E-state index in [9.17, 15) is 13.5 Å². The third-order valence-electron chi connectivity index (χ3n) is 2.59. The predicted octanol–water partition coefficient (Wildman–Crippen LogP) is -0.686. The normalized spacial score (nSPS) is 20.7. The molecule has 1 heterocycles. The zero-order chi connectivity index (χ0) is 12.2. The Kier molecular flexibility index (Phi) is 4.69. The molecule has 16 heavy (non-hydrogen) atoms. The number of aliphatic hydroxyl groups is 1. The molecule has 0 spiro atoms. The molecule has 0 unspecified atom stereocenters. The van der Waals surface area contributed by atoms with E-state index in [4.69, 9.17) is 4.74 Å². The van der Waals surface area contributed by atoms with E-state index in [0.29, 0.717) is 13.0 Å². The Bertz CT molecular complexity index is 311. The maximum absolute atomic E-state index is 11.6. The first-order valence-corrected chi connectivity index (χ1v) is 6.83. The van der Waals surface area contributed by atoms with Crippen LogP contribution >= 0.6 is 0 Å². The molecule has 1 rings (SSSR count). The van der Waals surface area contributed by atoms with Gasteiger partial charge in [-0.25, -0.2) is 0 Å². The lowest BCUT2D eigenvalue weighted by atomic mass is 9.92.